The normalized spacial score (nSPS) is 20.0. The minimum absolute atomic E-state index is 0.0165. The maximum absolute atomic E-state index is 12.5. The lowest BCUT2D eigenvalue weighted by Crippen LogP contribution is -2.34. The van der Waals surface area contributed by atoms with Gasteiger partial charge in [-0.2, -0.15) is 0 Å². The highest BCUT2D eigenvalue weighted by Gasteiger charge is 2.46. The number of benzene rings is 1. The molecule has 1 aromatic carbocycles. The van der Waals surface area contributed by atoms with Crippen LogP contribution in [0.5, 0.6) is 11.5 Å². The number of methoxy groups -OCH3 is 3. The van der Waals surface area contributed by atoms with E-state index in [1.807, 2.05) is 12.2 Å². The minimum Gasteiger partial charge on any atom is -0.493 e. The summed E-state index contributed by atoms with van der Waals surface area (Å²) in [7, 11) is 4.08. The third-order valence-corrected chi connectivity index (χ3v) is 5.36. The third kappa shape index (κ3) is 4.00. The molecule has 0 spiro atoms. The maximum atomic E-state index is 12.5. The van der Waals surface area contributed by atoms with E-state index in [9.17, 15) is 19.2 Å². The fourth-order valence-corrected chi connectivity index (χ4v) is 3.78. The second kappa shape index (κ2) is 8.98. The Labute approximate surface area is 174 Å². The Kier molecular flexibility index (Phi) is 6.39. The molecule has 3 amide bonds. The molecule has 1 fully saturated rings. The molecular weight excluding hydrogens is 392 g/mol. The van der Waals surface area contributed by atoms with Gasteiger partial charge in [-0.25, -0.2) is 4.79 Å². The van der Waals surface area contributed by atoms with Gasteiger partial charge < -0.3 is 19.5 Å². The third-order valence-electron chi connectivity index (χ3n) is 5.36. The predicted molar refractivity (Wildman–Crippen MR) is 106 cm³/mol. The summed E-state index contributed by atoms with van der Waals surface area (Å²) in [5, 5.41) is 2.63. The Hall–Kier alpha value is -3.36. The maximum Gasteiger partial charge on any atom is 0.340 e. The van der Waals surface area contributed by atoms with Gasteiger partial charge in [0.05, 0.1) is 44.4 Å². The Morgan fingerprint density at radius 3 is 2.10 bits per heavy atom. The molecule has 1 aromatic rings. The lowest BCUT2D eigenvalue weighted by Gasteiger charge is -2.16. The number of hydrogen-bond donors (Lipinski definition) is 1. The van der Waals surface area contributed by atoms with Crippen LogP contribution in [-0.4, -0.2) is 56.5 Å². The number of imide groups is 1. The number of rotatable bonds is 7. The number of carbonyl (C=O) groups is 4. The van der Waals surface area contributed by atoms with Crippen LogP contribution in [0.4, 0.5) is 5.69 Å². The molecule has 160 valence electrons. The predicted octanol–water partition coefficient (Wildman–Crippen LogP) is 1.77. The van der Waals surface area contributed by atoms with Crippen LogP contribution in [-0.2, 0) is 19.1 Å². The highest BCUT2D eigenvalue weighted by molar-refractivity contribution is 6.06. The van der Waals surface area contributed by atoms with Crippen LogP contribution < -0.4 is 14.8 Å². The van der Waals surface area contributed by atoms with E-state index in [2.05, 4.69) is 5.32 Å². The van der Waals surface area contributed by atoms with Crippen LogP contribution in [0.3, 0.4) is 0 Å². The van der Waals surface area contributed by atoms with E-state index >= 15 is 0 Å². The summed E-state index contributed by atoms with van der Waals surface area (Å²) < 4.78 is 15.2. The average molecular weight is 416 g/mol. The van der Waals surface area contributed by atoms with Gasteiger partial charge in [0.1, 0.15) is 0 Å². The van der Waals surface area contributed by atoms with Crippen molar-refractivity contribution in [3.8, 4) is 11.5 Å². The van der Waals surface area contributed by atoms with E-state index in [1.165, 1.54) is 33.5 Å². The number of fused-ring (bicyclic) bond motifs is 1. The van der Waals surface area contributed by atoms with E-state index in [0.717, 1.165) is 4.90 Å². The first-order valence-corrected chi connectivity index (χ1v) is 9.55. The lowest BCUT2D eigenvalue weighted by molar-refractivity contribution is -0.140. The number of likely N-dealkylation sites (tertiary alicyclic amines) is 1. The smallest absolute Gasteiger partial charge is 0.340 e. The van der Waals surface area contributed by atoms with Crippen molar-refractivity contribution < 1.29 is 33.4 Å². The van der Waals surface area contributed by atoms with Crippen molar-refractivity contribution in [3.05, 3.63) is 29.8 Å². The van der Waals surface area contributed by atoms with Gasteiger partial charge >= 0.3 is 5.97 Å². The zero-order chi connectivity index (χ0) is 21.8. The van der Waals surface area contributed by atoms with E-state index in [1.54, 1.807) is 0 Å². The zero-order valence-corrected chi connectivity index (χ0v) is 17.1. The number of anilines is 1. The van der Waals surface area contributed by atoms with Gasteiger partial charge in [0.2, 0.25) is 17.7 Å². The van der Waals surface area contributed by atoms with E-state index in [4.69, 9.17) is 14.2 Å². The fourth-order valence-electron chi connectivity index (χ4n) is 3.78. The highest BCUT2D eigenvalue weighted by Crippen LogP contribution is 2.36. The van der Waals surface area contributed by atoms with Gasteiger partial charge in [0.25, 0.3) is 0 Å². The lowest BCUT2D eigenvalue weighted by atomic mass is 9.85. The van der Waals surface area contributed by atoms with Gasteiger partial charge in [0.15, 0.2) is 11.5 Å². The van der Waals surface area contributed by atoms with Crippen LogP contribution in [0.1, 0.15) is 29.6 Å². The molecule has 1 heterocycles. The van der Waals surface area contributed by atoms with E-state index in [-0.39, 0.29) is 47.9 Å². The van der Waals surface area contributed by atoms with Crippen molar-refractivity contribution in [2.75, 3.05) is 33.2 Å². The second-order valence-electron chi connectivity index (χ2n) is 7.03. The number of nitrogens with zero attached hydrogens (tertiary/aromatic N) is 1. The molecule has 2 atom stereocenters. The molecule has 1 saturated heterocycles. The number of allylic oxidation sites excluding steroid dienone is 2. The molecular formula is C21H24N2O7. The quantitative estimate of drug-likeness (QED) is 0.410. The summed E-state index contributed by atoms with van der Waals surface area (Å²) in [5.74, 6) is -1.62. The summed E-state index contributed by atoms with van der Waals surface area (Å²) in [6.45, 7) is -0.0165. The van der Waals surface area contributed by atoms with Crippen molar-refractivity contribution in [1.29, 1.82) is 0 Å². The fraction of sp³-hybridized carbons (Fsp3) is 0.429. The van der Waals surface area contributed by atoms with Gasteiger partial charge in [-0.1, -0.05) is 12.2 Å². The topological polar surface area (TPSA) is 111 Å². The molecule has 9 nitrogen and oxygen atoms in total. The van der Waals surface area contributed by atoms with Crippen LogP contribution >= 0.6 is 0 Å². The zero-order valence-electron chi connectivity index (χ0n) is 17.1. The molecule has 0 radical (unpaired) electrons. The Bertz CT molecular complexity index is 883. The van der Waals surface area contributed by atoms with Crippen molar-refractivity contribution in [2.45, 2.75) is 19.3 Å². The summed E-state index contributed by atoms with van der Waals surface area (Å²) in [4.78, 5) is 50.8. The van der Waals surface area contributed by atoms with E-state index < -0.39 is 11.9 Å². The molecule has 2 aliphatic rings. The number of ether oxygens (including phenoxy) is 3. The first kappa shape index (κ1) is 21.4. The summed E-state index contributed by atoms with van der Waals surface area (Å²) in [6.07, 6.45) is 4.82. The number of esters is 1. The molecule has 1 N–H and O–H groups in total. The molecule has 9 heteroatoms. The molecule has 1 aliphatic heterocycles. The first-order valence-electron chi connectivity index (χ1n) is 9.55. The Morgan fingerprint density at radius 2 is 1.57 bits per heavy atom. The summed E-state index contributed by atoms with van der Waals surface area (Å²) in [5.41, 5.74) is 0.273. The van der Waals surface area contributed by atoms with Crippen LogP contribution in [0.25, 0.3) is 0 Å². The first-order chi connectivity index (χ1) is 14.4. The minimum atomic E-state index is -0.660. The average Bonchev–Trinajstić information content (AvgIpc) is 3.01. The Balaban J connectivity index is 1.71. The molecule has 30 heavy (non-hydrogen) atoms. The summed E-state index contributed by atoms with van der Waals surface area (Å²) in [6, 6.07) is 2.86. The van der Waals surface area contributed by atoms with Crippen molar-refractivity contribution >= 4 is 29.4 Å². The molecule has 3 rings (SSSR count). The standard InChI is InChI=1S/C21H24N2O7/c1-28-16-10-14(21(27)30-3)15(11-17(16)29-2)22-18(24)8-9-23-19(25)12-6-4-5-7-13(12)20(23)26/h4-5,10-13H,6-9H2,1-3H3,(H,22,24)/t12-,13-/m0/s1. The number of amides is 3. The van der Waals surface area contributed by atoms with Crippen LogP contribution in [0, 0.1) is 11.8 Å². The van der Waals surface area contributed by atoms with Gasteiger partial charge in [0, 0.05) is 25.1 Å². The second-order valence-corrected chi connectivity index (χ2v) is 7.03. The van der Waals surface area contributed by atoms with Crippen molar-refractivity contribution in [2.24, 2.45) is 11.8 Å². The number of nitrogens with one attached hydrogen (secondary N) is 1. The number of carbonyl (C=O) groups excluding carboxylic acids is 4. The summed E-state index contributed by atoms with van der Waals surface area (Å²) >= 11 is 0. The highest BCUT2D eigenvalue weighted by atomic mass is 16.5. The monoisotopic (exact) mass is 416 g/mol. The largest absolute Gasteiger partial charge is 0.493 e. The molecule has 0 aromatic heterocycles. The van der Waals surface area contributed by atoms with Crippen molar-refractivity contribution in [1.82, 2.24) is 4.90 Å². The van der Waals surface area contributed by atoms with Crippen molar-refractivity contribution in [3.63, 3.8) is 0 Å². The van der Waals surface area contributed by atoms with Gasteiger partial charge in [-0.3, -0.25) is 19.3 Å². The van der Waals surface area contributed by atoms with Crippen LogP contribution in [0.15, 0.2) is 24.3 Å². The SMILES string of the molecule is COC(=O)c1cc(OC)c(OC)cc1NC(=O)CCN1C(=O)[C@H]2CC=CC[C@@H]2C1=O. The molecule has 0 saturated carbocycles. The van der Waals surface area contributed by atoms with Gasteiger partial charge in [-0.15, -0.1) is 0 Å². The van der Waals surface area contributed by atoms with E-state index in [0.29, 0.717) is 24.3 Å². The molecule has 0 bridgehead atoms. The number of hydrogen-bond acceptors (Lipinski definition) is 7. The van der Waals surface area contributed by atoms with Crippen LogP contribution in [0.2, 0.25) is 0 Å². The molecule has 0 unspecified atom stereocenters. The van der Waals surface area contributed by atoms with Gasteiger partial charge in [-0.05, 0) is 12.8 Å². The Morgan fingerprint density at radius 1 is 1.00 bits per heavy atom. The molecule has 1 aliphatic carbocycles.